The van der Waals surface area contributed by atoms with Crippen molar-refractivity contribution in [1.29, 1.82) is 0 Å². The van der Waals surface area contributed by atoms with Gasteiger partial charge < -0.3 is 16.2 Å². The van der Waals surface area contributed by atoms with Crippen molar-refractivity contribution in [3.8, 4) is 0 Å². The first kappa shape index (κ1) is 9.48. The molecule has 1 atom stereocenters. The van der Waals surface area contributed by atoms with Gasteiger partial charge in [-0.2, -0.15) is 0 Å². The van der Waals surface area contributed by atoms with Crippen molar-refractivity contribution in [2.75, 3.05) is 0 Å². The Balaban J connectivity index is 3.79. The van der Waals surface area contributed by atoms with E-state index in [9.17, 15) is 0 Å². The lowest BCUT2D eigenvalue weighted by molar-refractivity contribution is 0.211. The molecular formula is C5H8N2OS2. The van der Waals surface area contributed by atoms with E-state index in [1.54, 1.807) is 0 Å². The van der Waals surface area contributed by atoms with Gasteiger partial charge in [0.2, 0.25) is 0 Å². The largest absolute Gasteiger partial charge is 0.388 e. The van der Waals surface area contributed by atoms with Crippen LogP contribution in [0.15, 0.2) is 12.7 Å². The fraction of sp³-hybridized carbons (Fsp3) is 0.200. The van der Waals surface area contributed by atoms with Crippen molar-refractivity contribution in [2.24, 2.45) is 5.73 Å². The number of aliphatic hydroxyl groups excluding tert-OH is 1. The van der Waals surface area contributed by atoms with Crippen molar-refractivity contribution in [3.05, 3.63) is 12.7 Å². The van der Waals surface area contributed by atoms with Crippen LogP contribution >= 0.6 is 24.4 Å². The fourth-order valence-corrected chi connectivity index (χ4v) is 0.444. The lowest BCUT2D eigenvalue weighted by Gasteiger charge is -2.08. The van der Waals surface area contributed by atoms with Crippen LogP contribution in [0.3, 0.4) is 0 Å². The van der Waals surface area contributed by atoms with Gasteiger partial charge in [-0.1, -0.05) is 31.0 Å². The summed E-state index contributed by atoms with van der Waals surface area (Å²) in [5.74, 6) is 0. The first-order valence-corrected chi connectivity index (χ1v) is 3.30. The minimum atomic E-state index is -0.881. The molecule has 0 aliphatic carbocycles. The Labute approximate surface area is 69.9 Å². The summed E-state index contributed by atoms with van der Waals surface area (Å²) in [4.78, 5) is 0.235. The Morgan fingerprint density at radius 2 is 2.20 bits per heavy atom. The summed E-state index contributed by atoms with van der Waals surface area (Å²) < 4.78 is 0. The Morgan fingerprint density at radius 1 is 1.70 bits per heavy atom. The summed E-state index contributed by atoms with van der Waals surface area (Å²) in [6.45, 7) is 3.32. The SMILES string of the molecule is C=CC(O)NC(=S)C(N)=S. The van der Waals surface area contributed by atoms with Crippen LogP contribution < -0.4 is 11.1 Å². The van der Waals surface area contributed by atoms with Crippen LogP contribution in [0.5, 0.6) is 0 Å². The number of nitrogens with one attached hydrogen (secondary N) is 1. The number of hydrogen-bond acceptors (Lipinski definition) is 3. The van der Waals surface area contributed by atoms with Crippen molar-refractivity contribution < 1.29 is 5.11 Å². The molecule has 0 amide bonds. The van der Waals surface area contributed by atoms with E-state index < -0.39 is 6.23 Å². The topological polar surface area (TPSA) is 58.3 Å². The first-order valence-electron chi connectivity index (χ1n) is 2.49. The zero-order chi connectivity index (χ0) is 8.15. The molecule has 0 spiro atoms. The minimum Gasteiger partial charge on any atom is -0.388 e. The summed E-state index contributed by atoms with van der Waals surface area (Å²) >= 11 is 9.15. The Hall–Kier alpha value is -0.520. The third-order valence-electron chi connectivity index (χ3n) is 0.726. The van der Waals surface area contributed by atoms with E-state index in [2.05, 4.69) is 36.3 Å². The highest BCUT2D eigenvalue weighted by Crippen LogP contribution is 1.80. The molecule has 0 aliphatic rings. The summed E-state index contributed by atoms with van der Waals surface area (Å²) in [5.41, 5.74) is 5.12. The molecule has 0 aromatic carbocycles. The zero-order valence-electron chi connectivity index (χ0n) is 5.20. The van der Waals surface area contributed by atoms with Crippen LogP contribution in [-0.4, -0.2) is 21.3 Å². The molecule has 0 fully saturated rings. The molecule has 1 unspecified atom stereocenters. The predicted molar refractivity (Wildman–Crippen MR) is 48.7 cm³/mol. The molecule has 0 rings (SSSR count). The Bertz CT molecular complexity index is 169. The zero-order valence-corrected chi connectivity index (χ0v) is 6.84. The quantitative estimate of drug-likeness (QED) is 0.306. The molecule has 5 heteroatoms. The van der Waals surface area contributed by atoms with Gasteiger partial charge in [-0.25, -0.2) is 0 Å². The summed E-state index contributed by atoms with van der Waals surface area (Å²) in [6.07, 6.45) is 0.402. The average molecular weight is 176 g/mol. The van der Waals surface area contributed by atoms with Gasteiger partial charge in [0.15, 0.2) is 0 Å². The summed E-state index contributed by atoms with van der Waals surface area (Å²) in [6, 6.07) is 0. The van der Waals surface area contributed by atoms with Gasteiger partial charge in [0.05, 0.1) is 0 Å². The second-order valence-electron chi connectivity index (χ2n) is 1.52. The number of thiocarbonyl (C=S) groups is 2. The van der Waals surface area contributed by atoms with E-state index >= 15 is 0 Å². The van der Waals surface area contributed by atoms with Crippen LogP contribution in [0.4, 0.5) is 0 Å². The molecule has 0 radical (unpaired) electrons. The van der Waals surface area contributed by atoms with Crippen molar-refractivity contribution in [1.82, 2.24) is 5.32 Å². The van der Waals surface area contributed by atoms with Crippen molar-refractivity contribution >= 4 is 34.4 Å². The molecule has 0 aliphatic heterocycles. The van der Waals surface area contributed by atoms with Crippen LogP contribution in [0, 0.1) is 0 Å². The van der Waals surface area contributed by atoms with E-state index in [0.717, 1.165) is 0 Å². The van der Waals surface area contributed by atoms with Gasteiger partial charge in [0, 0.05) is 0 Å². The third kappa shape index (κ3) is 3.49. The molecule has 0 saturated carbocycles. The second kappa shape index (κ2) is 4.32. The molecule has 3 nitrogen and oxygen atoms in total. The van der Waals surface area contributed by atoms with Gasteiger partial charge in [-0.3, -0.25) is 0 Å². The molecular weight excluding hydrogens is 168 g/mol. The maximum absolute atomic E-state index is 8.85. The number of rotatable bonds is 2. The smallest absolute Gasteiger partial charge is 0.144 e. The highest BCUT2D eigenvalue weighted by molar-refractivity contribution is 7.89. The molecule has 0 aromatic rings. The van der Waals surface area contributed by atoms with Crippen molar-refractivity contribution in [2.45, 2.75) is 6.23 Å². The normalized spacial score (nSPS) is 11.7. The standard InChI is InChI=1S/C5H8N2OS2/c1-2-3(8)7-5(10)4(6)9/h2-3,8H,1H2,(H2,6,9)(H,7,10). The maximum Gasteiger partial charge on any atom is 0.144 e. The minimum absolute atomic E-state index is 0.0656. The van der Waals surface area contributed by atoms with E-state index in [-0.39, 0.29) is 9.98 Å². The summed E-state index contributed by atoms with van der Waals surface area (Å²) in [7, 11) is 0. The van der Waals surface area contributed by atoms with Crippen LogP contribution in [0.25, 0.3) is 0 Å². The van der Waals surface area contributed by atoms with E-state index in [1.807, 2.05) is 0 Å². The van der Waals surface area contributed by atoms with E-state index in [1.165, 1.54) is 6.08 Å². The first-order chi connectivity index (χ1) is 4.57. The second-order valence-corrected chi connectivity index (χ2v) is 2.37. The van der Waals surface area contributed by atoms with Crippen LogP contribution in [0.2, 0.25) is 0 Å². The lowest BCUT2D eigenvalue weighted by atomic mass is 10.5. The van der Waals surface area contributed by atoms with Gasteiger partial charge in [-0.05, 0) is 6.08 Å². The van der Waals surface area contributed by atoms with Crippen molar-refractivity contribution in [3.63, 3.8) is 0 Å². The molecule has 0 saturated heterocycles. The van der Waals surface area contributed by atoms with E-state index in [4.69, 9.17) is 10.8 Å². The molecule has 56 valence electrons. The van der Waals surface area contributed by atoms with E-state index in [0.29, 0.717) is 0 Å². The van der Waals surface area contributed by atoms with Gasteiger partial charge in [0.1, 0.15) is 16.2 Å². The van der Waals surface area contributed by atoms with Gasteiger partial charge in [-0.15, -0.1) is 0 Å². The average Bonchev–Trinajstić information content (AvgIpc) is 1.87. The van der Waals surface area contributed by atoms with Gasteiger partial charge in [0.25, 0.3) is 0 Å². The molecule has 10 heavy (non-hydrogen) atoms. The van der Waals surface area contributed by atoms with Gasteiger partial charge >= 0.3 is 0 Å². The predicted octanol–water partition coefficient (Wildman–Crippen LogP) is -0.306. The Morgan fingerprint density at radius 3 is 2.50 bits per heavy atom. The molecule has 0 heterocycles. The Kier molecular flexibility index (Phi) is 4.10. The number of hydrogen-bond donors (Lipinski definition) is 3. The van der Waals surface area contributed by atoms with Crippen LogP contribution in [0.1, 0.15) is 0 Å². The monoisotopic (exact) mass is 176 g/mol. The fourth-order valence-electron chi connectivity index (χ4n) is 0.264. The van der Waals surface area contributed by atoms with Crippen LogP contribution in [-0.2, 0) is 0 Å². The molecule has 0 aromatic heterocycles. The lowest BCUT2D eigenvalue weighted by Crippen LogP contribution is -2.39. The number of nitrogens with two attached hydrogens (primary N) is 1. The summed E-state index contributed by atoms with van der Waals surface area (Å²) in [5, 5.41) is 11.3. The molecule has 4 N–H and O–H groups in total. The third-order valence-corrected chi connectivity index (χ3v) is 1.40. The maximum atomic E-state index is 8.85. The number of aliphatic hydroxyl groups is 1. The molecule has 0 bridgehead atoms. The highest BCUT2D eigenvalue weighted by atomic mass is 32.1. The highest BCUT2D eigenvalue weighted by Gasteiger charge is 2.01.